The Morgan fingerprint density at radius 3 is 2.83 bits per heavy atom. The summed E-state index contributed by atoms with van der Waals surface area (Å²) >= 11 is 3.41. The second kappa shape index (κ2) is 6.40. The summed E-state index contributed by atoms with van der Waals surface area (Å²) in [5.74, 6) is 0.924. The second-order valence-corrected chi connectivity index (χ2v) is 4.49. The lowest BCUT2D eigenvalue weighted by Crippen LogP contribution is -2.03. The Morgan fingerprint density at radius 1 is 1.22 bits per heavy atom. The minimum absolute atomic E-state index is 0.674. The number of hydrogen-bond acceptors (Lipinski definition) is 3. The molecule has 0 unspecified atom stereocenters. The summed E-state index contributed by atoms with van der Waals surface area (Å²) in [6.07, 6.45) is 1.75. The Hall–Kier alpha value is -1.55. The fourth-order valence-electron chi connectivity index (χ4n) is 1.65. The van der Waals surface area contributed by atoms with Crippen LogP contribution in [0.3, 0.4) is 0 Å². The van der Waals surface area contributed by atoms with Crippen molar-refractivity contribution in [1.82, 2.24) is 4.98 Å². The van der Waals surface area contributed by atoms with Crippen LogP contribution in [-0.2, 0) is 6.54 Å². The van der Waals surface area contributed by atoms with Crippen LogP contribution in [-0.4, -0.2) is 11.6 Å². The number of nitrogens with one attached hydrogen (secondary N) is 1. The SMILES string of the molecule is CCOc1ccccc1CNc1cccnc1Br. The molecule has 0 aliphatic carbocycles. The third kappa shape index (κ3) is 3.23. The molecule has 0 aliphatic heterocycles. The summed E-state index contributed by atoms with van der Waals surface area (Å²) in [5.41, 5.74) is 2.11. The molecule has 1 aromatic carbocycles. The first kappa shape index (κ1) is 12.9. The Bertz CT molecular complexity index is 517. The zero-order chi connectivity index (χ0) is 12.8. The summed E-state index contributed by atoms with van der Waals surface area (Å²) in [5, 5.41) is 3.34. The lowest BCUT2D eigenvalue weighted by Gasteiger charge is -2.12. The van der Waals surface area contributed by atoms with E-state index in [1.807, 2.05) is 37.3 Å². The van der Waals surface area contributed by atoms with Crippen molar-refractivity contribution in [3.05, 3.63) is 52.8 Å². The number of anilines is 1. The summed E-state index contributed by atoms with van der Waals surface area (Å²) in [4.78, 5) is 4.17. The third-order valence-electron chi connectivity index (χ3n) is 2.50. The highest BCUT2D eigenvalue weighted by Crippen LogP contribution is 2.22. The average Bonchev–Trinajstić information content (AvgIpc) is 2.40. The van der Waals surface area contributed by atoms with Crippen LogP contribution in [0.15, 0.2) is 47.2 Å². The minimum Gasteiger partial charge on any atom is -0.494 e. The zero-order valence-corrected chi connectivity index (χ0v) is 11.8. The molecular formula is C14H15BrN2O. The van der Waals surface area contributed by atoms with Crippen LogP contribution in [0, 0.1) is 0 Å². The largest absolute Gasteiger partial charge is 0.494 e. The van der Waals surface area contributed by atoms with Gasteiger partial charge in [-0.2, -0.15) is 0 Å². The van der Waals surface area contributed by atoms with Gasteiger partial charge in [0.1, 0.15) is 10.4 Å². The monoisotopic (exact) mass is 306 g/mol. The predicted octanol–water partition coefficient (Wildman–Crippen LogP) is 3.85. The molecule has 0 bridgehead atoms. The lowest BCUT2D eigenvalue weighted by molar-refractivity contribution is 0.337. The van der Waals surface area contributed by atoms with Crippen molar-refractivity contribution in [1.29, 1.82) is 0 Å². The molecule has 0 saturated heterocycles. The number of nitrogens with zero attached hydrogens (tertiary/aromatic N) is 1. The standard InChI is InChI=1S/C14H15BrN2O/c1-2-18-13-8-4-3-6-11(13)10-17-12-7-5-9-16-14(12)15/h3-9,17H,2,10H2,1H3. The van der Waals surface area contributed by atoms with Gasteiger partial charge in [0.05, 0.1) is 12.3 Å². The summed E-state index contributed by atoms with van der Waals surface area (Å²) in [6.45, 7) is 3.37. The van der Waals surface area contributed by atoms with Gasteiger partial charge in [0.15, 0.2) is 0 Å². The number of ether oxygens (including phenoxy) is 1. The maximum absolute atomic E-state index is 5.59. The number of benzene rings is 1. The molecular weight excluding hydrogens is 292 g/mol. The number of hydrogen-bond donors (Lipinski definition) is 1. The van der Waals surface area contributed by atoms with Crippen LogP contribution < -0.4 is 10.1 Å². The van der Waals surface area contributed by atoms with Crippen molar-refractivity contribution in [2.45, 2.75) is 13.5 Å². The maximum Gasteiger partial charge on any atom is 0.129 e. The number of rotatable bonds is 5. The van der Waals surface area contributed by atoms with Crippen LogP contribution in [0.4, 0.5) is 5.69 Å². The van der Waals surface area contributed by atoms with Gasteiger partial charge in [-0.05, 0) is 41.1 Å². The van der Waals surface area contributed by atoms with Gasteiger partial charge in [0, 0.05) is 18.3 Å². The van der Waals surface area contributed by atoms with Gasteiger partial charge < -0.3 is 10.1 Å². The van der Waals surface area contributed by atoms with Gasteiger partial charge in [-0.15, -0.1) is 0 Å². The van der Waals surface area contributed by atoms with Crippen LogP contribution in [0.2, 0.25) is 0 Å². The molecule has 0 amide bonds. The number of para-hydroxylation sites is 1. The molecule has 1 aromatic heterocycles. The molecule has 18 heavy (non-hydrogen) atoms. The van der Waals surface area contributed by atoms with E-state index in [0.29, 0.717) is 13.2 Å². The van der Waals surface area contributed by atoms with E-state index in [1.54, 1.807) is 6.20 Å². The number of halogens is 1. The molecule has 4 heteroatoms. The van der Waals surface area contributed by atoms with E-state index < -0.39 is 0 Å². The van der Waals surface area contributed by atoms with Crippen molar-refractivity contribution in [3.8, 4) is 5.75 Å². The average molecular weight is 307 g/mol. The number of pyridine rings is 1. The first-order chi connectivity index (χ1) is 8.81. The summed E-state index contributed by atoms with van der Waals surface area (Å²) < 4.78 is 6.41. The van der Waals surface area contributed by atoms with Gasteiger partial charge in [-0.25, -0.2) is 4.98 Å². The predicted molar refractivity (Wildman–Crippen MR) is 76.9 cm³/mol. The van der Waals surface area contributed by atoms with Gasteiger partial charge in [-0.1, -0.05) is 18.2 Å². The molecule has 1 heterocycles. The topological polar surface area (TPSA) is 34.1 Å². The molecule has 0 fully saturated rings. The lowest BCUT2D eigenvalue weighted by atomic mass is 10.2. The third-order valence-corrected chi connectivity index (χ3v) is 3.13. The normalized spacial score (nSPS) is 10.1. The van der Waals surface area contributed by atoms with Crippen LogP contribution in [0.5, 0.6) is 5.75 Å². The van der Waals surface area contributed by atoms with E-state index >= 15 is 0 Å². The quantitative estimate of drug-likeness (QED) is 0.852. The Labute approximate surface area is 115 Å². The Balaban J connectivity index is 2.08. The first-order valence-corrected chi connectivity index (χ1v) is 6.65. The van der Waals surface area contributed by atoms with E-state index in [9.17, 15) is 0 Å². The molecule has 2 rings (SSSR count). The Morgan fingerprint density at radius 2 is 2.06 bits per heavy atom. The highest BCUT2D eigenvalue weighted by atomic mass is 79.9. The van der Waals surface area contributed by atoms with E-state index in [2.05, 4.69) is 32.3 Å². The minimum atomic E-state index is 0.674. The zero-order valence-electron chi connectivity index (χ0n) is 10.2. The smallest absolute Gasteiger partial charge is 0.129 e. The van der Waals surface area contributed by atoms with Crippen molar-refractivity contribution in [3.63, 3.8) is 0 Å². The van der Waals surface area contributed by atoms with E-state index in [0.717, 1.165) is 21.6 Å². The van der Waals surface area contributed by atoms with Crippen molar-refractivity contribution in [2.75, 3.05) is 11.9 Å². The van der Waals surface area contributed by atoms with E-state index in [1.165, 1.54) is 0 Å². The summed E-state index contributed by atoms with van der Waals surface area (Å²) in [6, 6.07) is 11.9. The summed E-state index contributed by atoms with van der Waals surface area (Å²) in [7, 11) is 0. The Kier molecular flexibility index (Phi) is 4.59. The number of aromatic nitrogens is 1. The molecule has 1 N–H and O–H groups in total. The van der Waals surface area contributed by atoms with Gasteiger partial charge in [-0.3, -0.25) is 0 Å². The van der Waals surface area contributed by atoms with Gasteiger partial charge >= 0.3 is 0 Å². The molecule has 0 spiro atoms. The highest BCUT2D eigenvalue weighted by molar-refractivity contribution is 9.10. The van der Waals surface area contributed by atoms with Crippen LogP contribution in [0.25, 0.3) is 0 Å². The first-order valence-electron chi connectivity index (χ1n) is 5.86. The highest BCUT2D eigenvalue weighted by Gasteiger charge is 2.03. The molecule has 2 aromatic rings. The molecule has 3 nitrogen and oxygen atoms in total. The van der Waals surface area contributed by atoms with Crippen LogP contribution >= 0.6 is 15.9 Å². The van der Waals surface area contributed by atoms with Gasteiger partial charge in [0.25, 0.3) is 0 Å². The maximum atomic E-state index is 5.59. The molecule has 0 aliphatic rings. The fraction of sp³-hybridized carbons (Fsp3) is 0.214. The van der Waals surface area contributed by atoms with Gasteiger partial charge in [0.2, 0.25) is 0 Å². The second-order valence-electron chi connectivity index (χ2n) is 3.74. The van der Waals surface area contributed by atoms with Crippen LogP contribution in [0.1, 0.15) is 12.5 Å². The van der Waals surface area contributed by atoms with E-state index in [4.69, 9.17) is 4.74 Å². The molecule has 0 saturated carbocycles. The molecule has 94 valence electrons. The van der Waals surface area contributed by atoms with Crippen molar-refractivity contribution >= 4 is 21.6 Å². The van der Waals surface area contributed by atoms with E-state index in [-0.39, 0.29) is 0 Å². The fourth-order valence-corrected chi connectivity index (χ4v) is 2.05. The van der Waals surface area contributed by atoms with Crippen molar-refractivity contribution in [2.24, 2.45) is 0 Å². The molecule has 0 atom stereocenters. The molecule has 0 radical (unpaired) electrons. The van der Waals surface area contributed by atoms with Crippen molar-refractivity contribution < 1.29 is 4.74 Å².